The molecule has 0 saturated carbocycles. The van der Waals surface area contributed by atoms with E-state index in [1.165, 1.54) is 18.7 Å². The molecule has 0 radical (unpaired) electrons. The molecule has 0 aromatic heterocycles. The Morgan fingerprint density at radius 1 is 1.21 bits per heavy atom. The lowest BCUT2D eigenvalue weighted by atomic mass is 10.0. The number of aliphatic hydroxyl groups excluding tert-OH is 4. The zero-order chi connectivity index (χ0) is 10.7. The number of thioether (sulfide) groups is 1. The maximum absolute atomic E-state index is 9.63. The maximum Gasteiger partial charge on any atom is 0.111 e. The minimum absolute atomic E-state index is 0.265. The Kier molecular flexibility index (Phi) is 4.62. The van der Waals surface area contributed by atoms with E-state index in [0.717, 1.165) is 12.3 Å². The average Bonchev–Trinajstić information content (AvgIpc) is 2.67. The van der Waals surface area contributed by atoms with Crippen LogP contribution in [0.4, 0.5) is 0 Å². The van der Waals surface area contributed by atoms with Crippen LogP contribution in [0.2, 0.25) is 0 Å². The molecule has 0 aromatic carbocycles. The Morgan fingerprint density at radius 2 is 1.86 bits per heavy atom. The van der Waals surface area contributed by atoms with Gasteiger partial charge in [-0.1, -0.05) is 0 Å². The first-order valence-electron chi connectivity index (χ1n) is 4.61. The first-order valence-corrected chi connectivity index (χ1v) is 5.66. The molecule has 1 fully saturated rings. The van der Waals surface area contributed by atoms with Gasteiger partial charge in [0.25, 0.3) is 0 Å². The van der Waals surface area contributed by atoms with E-state index in [1.54, 1.807) is 0 Å². The summed E-state index contributed by atoms with van der Waals surface area (Å²) in [6, 6.07) is 0. The van der Waals surface area contributed by atoms with Gasteiger partial charge in [0.05, 0.1) is 11.5 Å². The van der Waals surface area contributed by atoms with Gasteiger partial charge in [-0.25, -0.2) is 0 Å². The van der Waals surface area contributed by atoms with Crippen molar-refractivity contribution in [2.75, 3.05) is 12.3 Å². The predicted octanol–water partition coefficient (Wildman–Crippen LogP) is -1.89. The van der Waals surface area contributed by atoms with Crippen LogP contribution in [-0.4, -0.2) is 62.5 Å². The van der Waals surface area contributed by atoms with Crippen LogP contribution in [0.15, 0.2) is 0 Å². The molecule has 6 heteroatoms. The van der Waals surface area contributed by atoms with Crippen LogP contribution in [0.5, 0.6) is 0 Å². The van der Waals surface area contributed by atoms with Crippen molar-refractivity contribution in [3.05, 3.63) is 0 Å². The van der Waals surface area contributed by atoms with Crippen molar-refractivity contribution in [3.8, 4) is 0 Å². The molecule has 0 aromatic rings. The van der Waals surface area contributed by atoms with Gasteiger partial charge < -0.3 is 25.7 Å². The molecule has 5 nitrogen and oxygen atoms in total. The minimum Gasteiger partial charge on any atom is -0.391 e. The topological polar surface area (TPSA) is 93.0 Å². The van der Waals surface area contributed by atoms with Gasteiger partial charge in [0.2, 0.25) is 0 Å². The summed E-state index contributed by atoms with van der Waals surface area (Å²) in [4.78, 5) is 0. The molecular formula is C8H17NO4S. The molecule has 1 saturated heterocycles. The fourth-order valence-corrected chi connectivity index (χ4v) is 2.42. The third kappa shape index (κ3) is 2.82. The summed E-state index contributed by atoms with van der Waals surface area (Å²) >= 11 is 1.49. The van der Waals surface area contributed by atoms with Crippen molar-refractivity contribution >= 4 is 11.8 Å². The van der Waals surface area contributed by atoms with Crippen molar-refractivity contribution in [2.24, 2.45) is 0 Å². The van der Waals surface area contributed by atoms with E-state index in [2.05, 4.69) is 5.32 Å². The smallest absolute Gasteiger partial charge is 0.111 e. The highest BCUT2D eigenvalue weighted by atomic mass is 32.2. The molecule has 0 amide bonds. The van der Waals surface area contributed by atoms with Gasteiger partial charge in [0, 0.05) is 12.3 Å². The monoisotopic (exact) mass is 223 g/mol. The second-order valence-corrected chi connectivity index (χ2v) is 4.71. The Bertz CT molecular complexity index is 169. The van der Waals surface area contributed by atoms with Gasteiger partial charge in [-0.2, -0.15) is 0 Å². The van der Waals surface area contributed by atoms with Gasteiger partial charge in [0.1, 0.15) is 18.3 Å². The van der Waals surface area contributed by atoms with Crippen molar-refractivity contribution in [3.63, 3.8) is 0 Å². The zero-order valence-electron chi connectivity index (χ0n) is 8.00. The number of hydrogen-bond acceptors (Lipinski definition) is 6. The van der Waals surface area contributed by atoms with Gasteiger partial charge in [-0.05, 0) is 6.92 Å². The van der Waals surface area contributed by atoms with Crippen molar-refractivity contribution < 1.29 is 20.4 Å². The predicted molar refractivity (Wildman–Crippen MR) is 53.9 cm³/mol. The fourth-order valence-electron chi connectivity index (χ4n) is 1.33. The summed E-state index contributed by atoms with van der Waals surface area (Å²) in [5, 5.41) is 40.2. The largest absolute Gasteiger partial charge is 0.391 e. The van der Waals surface area contributed by atoms with Gasteiger partial charge in [0.15, 0.2) is 0 Å². The average molecular weight is 223 g/mol. The Labute approximate surface area is 87.1 Å². The minimum atomic E-state index is -1.32. The molecule has 84 valence electrons. The van der Waals surface area contributed by atoms with E-state index in [0.29, 0.717) is 0 Å². The maximum atomic E-state index is 9.63. The quantitative estimate of drug-likeness (QED) is 0.383. The van der Waals surface area contributed by atoms with Crippen LogP contribution in [0.25, 0.3) is 0 Å². The fraction of sp³-hybridized carbons (Fsp3) is 1.00. The molecule has 1 aliphatic heterocycles. The molecule has 0 spiro atoms. The lowest BCUT2D eigenvalue weighted by molar-refractivity contribution is -0.101. The number of rotatable bonds is 4. The molecule has 1 rings (SSSR count). The van der Waals surface area contributed by atoms with Gasteiger partial charge >= 0.3 is 0 Å². The second kappa shape index (κ2) is 5.29. The molecule has 5 atom stereocenters. The van der Waals surface area contributed by atoms with Gasteiger partial charge in [-0.3, -0.25) is 0 Å². The lowest BCUT2D eigenvalue weighted by Gasteiger charge is -2.27. The first-order chi connectivity index (χ1) is 6.54. The highest BCUT2D eigenvalue weighted by molar-refractivity contribution is 8.00. The van der Waals surface area contributed by atoms with Crippen LogP contribution in [0.3, 0.4) is 0 Å². The molecule has 0 unspecified atom stereocenters. The summed E-state index contributed by atoms with van der Waals surface area (Å²) in [7, 11) is 0. The summed E-state index contributed by atoms with van der Waals surface area (Å²) in [5.41, 5.74) is 0. The molecule has 14 heavy (non-hydrogen) atoms. The standard InChI is InChI=1S/C8H17NO4S/c1-4(10)5(11)6(12)7(13)8-9-2-3-14-8/h4-13H,2-3H2,1H3/t4-,5-,6-,7-,8+/m0/s1. The first kappa shape index (κ1) is 12.2. The van der Waals surface area contributed by atoms with E-state index in [1.807, 2.05) is 0 Å². The highest BCUT2D eigenvalue weighted by Gasteiger charge is 2.34. The molecule has 0 bridgehead atoms. The molecule has 1 heterocycles. The summed E-state index contributed by atoms with van der Waals surface area (Å²) in [5.74, 6) is 0.874. The Morgan fingerprint density at radius 3 is 2.29 bits per heavy atom. The third-order valence-corrected chi connectivity index (χ3v) is 3.49. The second-order valence-electron chi connectivity index (χ2n) is 3.46. The lowest BCUT2D eigenvalue weighted by Crippen LogP contribution is -2.50. The Balaban J connectivity index is 2.45. The summed E-state index contributed by atoms with van der Waals surface area (Å²) < 4.78 is 0. The molecule has 0 aliphatic carbocycles. The Hall–Kier alpha value is 0.150. The number of hydrogen-bond donors (Lipinski definition) is 5. The van der Waals surface area contributed by atoms with E-state index < -0.39 is 24.4 Å². The van der Waals surface area contributed by atoms with E-state index in [-0.39, 0.29) is 5.37 Å². The highest BCUT2D eigenvalue weighted by Crippen LogP contribution is 2.20. The summed E-state index contributed by atoms with van der Waals surface area (Å²) in [6.45, 7) is 2.15. The van der Waals surface area contributed by atoms with E-state index in [4.69, 9.17) is 5.11 Å². The van der Waals surface area contributed by atoms with Crippen molar-refractivity contribution in [1.29, 1.82) is 0 Å². The van der Waals surface area contributed by atoms with Crippen molar-refractivity contribution in [2.45, 2.75) is 36.7 Å². The van der Waals surface area contributed by atoms with Crippen LogP contribution >= 0.6 is 11.8 Å². The van der Waals surface area contributed by atoms with Gasteiger partial charge in [-0.15, -0.1) is 11.8 Å². The molecular weight excluding hydrogens is 206 g/mol. The SMILES string of the molecule is C[C@H](O)[C@H](O)[C@H](O)[C@H](O)[C@@H]1NCCS1. The molecule has 5 N–H and O–H groups in total. The van der Waals surface area contributed by atoms with Crippen LogP contribution in [-0.2, 0) is 0 Å². The van der Waals surface area contributed by atoms with Crippen molar-refractivity contribution in [1.82, 2.24) is 5.32 Å². The molecule has 1 aliphatic rings. The normalized spacial score (nSPS) is 31.1. The number of nitrogens with one attached hydrogen (secondary N) is 1. The van der Waals surface area contributed by atoms with Crippen LogP contribution in [0.1, 0.15) is 6.92 Å². The van der Waals surface area contributed by atoms with Crippen LogP contribution < -0.4 is 5.32 Å². The number of aliphatic hydroxyl groups is 4. The van der Waals surface area contributed by atoms with Crippen LogP contribution in [0, 0.1) is 0 Å². The van der Waals surface area contributed by atoms with E-state index >= 15 is 0 Å². The third-order valence-electron chi connectivity index (χ3n) is 2.25. The summed E-state index contributed by atoms with van der Waals surface area (Å²) in [6.07, 6.45) is -4.75. The van der Waals surface area contributed by atoms with E-state index in [9.17, 15) is 15.3 Å². The zero-order valence-corrected chi connectivity index (χ0v) is 8.81.